The molecule has 3 aliphatic heterocycles. The van der Waals surface area contributed by atoms with Crippen molar-refractivity contribution in [3.63, 3.8) is 0 Å². The van der Waals surface area contributed by atoms with E-state index in [0.29, 0.717) is 52.2 Å². The summed E-state index contributed by atoms with van der Waals surface area (Å²) < 4.78 is 47.6. The number of piperazine rings is 2. The number of hydrogen-bond acceptors (Lipinski definition) is 7. The number of ether oxygens (including phenoxy) is 1. The molecule has 3 aliphatic rings. The summed E-state index contributed by atoms with van der Waals surface area (Å²) in [7, 11) is -3.60. The Morgan fingerprint density at radius 3 is 2.30 bits per heavy atom. The smallest absolute Gasteiger partial charge is 0.260 e. The van der Waals surface area contributed by atoms with Crippen LogP contribution in [0, 0.1) is 0 Å². The molecule has 1 aromatic rings. The first-order chi connectivity index (χ1) is 18.9. The third-order valence-corrected chi connectivity index (χ3v) is 10.5. The number of rotatable bonds is 9. The lowest BCUT2D eigenvalue weighted by Gasteiger charge is -2.42. The van der Waals surface area contributed by atoms with Gasteiger partial charge in [0, 0.05) is 85.0 Å². The van der Waals surface area contributed by atoms with Gasteiger partial charge in [0.2, 0.25) is 15.9 Å². The molecule has 3 fully saturated rings. The van der Waals surface area contributed by atoms with Crippen molar-refractivity contribution < 1.29 is 27.1 Å². The zero-order chi connectivity index (χ0) is 29.0. The van der Waals surface area contributed by atoms with Gasteiger partial charge in [-0.05, 0) is 12.5 Å². The minimum absolute atomic E-state index is 0.0216. The molecule has 3 heterocycles. The molecule has 0 aromatic heterocycles. The Hall–Kier alpha value is -1.41. The molecule has 0 aliphatic carbocycles. The molecular weight excluding hydrogens is 608 g/mol. The van der Waals surface area contributed by atoms with Crippen LogP contribution in [-0.2, 0) is 19.6 Å². The van der Waals surface area contributed by atoms with Crippen LogP contribution >= 0.6 is 34.8 Å². The SMILES string of the molecule is CC(=O)N1CCN(CCS(=O)(=O)N2CCN(C(=O)COc3cc(Cl)c(Cl)cc3Cl)[C@@H](CN3CC[C@H](F)C3)C2)CC1. The van der Waals surface area contributed by atoms with Gasteiger partial charge in [-0.1, -0.05) is 34.8 Å². The summed E-state index contributed by atoms with van der Waals surface area (Å²) in [4.78, 5) is 32.2. The van der Waals surface area contributed by atoms with Crippen LogP contribution in [0.2, 0.25) is 15.1 Å². The van der Waals surface area contributed by atoms with Crippen molar-refractivity contribution in [1.82, 2.24) is 23.9 Å². The lowest BCUT2D eigenvalue weighted by molar-refractivity contribution is -0.138. The second-order valence-corrected chi connectivity index (χ2v) is 13.7. The highest BCUT2D eigenvalue weighted by Gasteiger charge is 2.38. The predicted molar refractivity (Wildman–Crippen MR) is 152 cm³/mol. The number of amides is 2. The predicted octanol–water partition coefficient (Wildman–Crippen LogP) is 2.08. The lowest BCUT2D eigenvalue weighted by Crippen LogP contribution is -2.61. The van der Waals surface area contributed by atoms with Crippen molar-refractivity contribution in [2.75, 3.05) is 84.4 Å². The molecule has 2 atom stereocenters. The minimum Gasteiger partial charge on any atom is -0.482 e. The molecule has 15 heteroatoms. The van der Waals surface area contributed by atoms with E-state index in [2.05, 4.69) is 0 Å². The molecule has 40 heavy (non-hydrogen) atoms. The number of alkyl halides is 1. The molecule has 2 amide bonds. The van der Waals surface area contributed by atoms with Crippen LogP contribution in [0.3, 0.4) is 0 Å². The van der Waals surface area contributed by atoms with Gasteiger partial charge < -0.3 is 14.5 Å². The summed E-state index contributed by atoms with van der Waals surface area (Å²) >= 11 is 18.2. The van der Waals surface area contributed by atoms with Crippen molar-refractivity contribution in [3.8, 4) is 5.75 Å². The normalized spacial score (nSPS) is 23.5. The second-order valence-electron chi connectivity index (χ2n) is 10.4. The standard InChI is InChI=1S/C25H35Cl3FN5O5S/c1-18(35)32-6-4-30(5-7-32)10-11-40(37,38)33-8-9-34(20(16-33)15-31-3-2-19(29)14-31)25(36)17-39-24-13-22(27)21(26)12-23(24)28/h12-13,19-20H,2-11,14-17H2,1H3/t19-,20-/m0/s1. The maximum atomic E-state index is 13.9. The monoisotopic (exact) mass is 641 g/mol. The summed E-state index contributed by atoms with van der Waals surface area (Å²) in [6.07, 6.45) is -0.519. The summed E-state index contributed by atoms with van der Waals surface area (Å²) in [6, 6.07) is 2.41. The number of benzene rings is 1. The third-order valence-electron chi connectivity index (χ3n) is 7.65. The first-order valence-electron chi connectivity index (χ1n) is 13.3. The molecule has 0 unspecified atom stereocenters. The maximum absolute atomic E-state index is 13.9. The van der Waals surface area contributed by atoms with E-state index in [0.717, 1.165) is 0 Å². The zero-order valence-corrected chi connectivity index (χ0v) is 25.5. The van der Waals surface area contributed by atoms with Gasteiger partial charge in [-0.2, -0.15) is 4.31 Å². The van der Waals surface area contributed by atoms with E-state index >= 15 is 0 Å². The van der Waals surface area contributed by atoms with E-state index < -0.39 is 22.2 Å². The Labute approximate surface area is 249 Å². The van der Waals surface area contributed by atoms with Gasteiger partial charge in [0.15, 0.2) is 6.61 Å². The number of hydrogen-bond donors (Lipinski definition) is 0. The van der Waals surface area contributed by atoms with Crippen LogP contribution < -0.4 is 4.74 Å². The van der Waals surface area contributed by atoms with E-state index in [1.54, 1.807) is 9.80 Å². The quantitative estimate of drug-likeness (QED) is 0.381. The second kappa shape index (κ2) is 13.7. The molecule has 0 N–H and O–H groups in total. The molecule has 1 aromatic carbocycles. The fraction of sp³-hybridized carbons (Fsp3) is 0.680. The van der Waals surface area contributed by atoms with Crippen molar-refractivity contribution in [3.05, 3.63) is 27.2 Å². The molecule has 0 radical (unpaired) electrons. The Morgan fingerprint density at radius 1 is 0.950 bits per heavy atom. The Morgan fingerprint density at radius 2 is 1.65 bits per heavy atom. The highest BCUT2D eigenvalue weighted by atomic mass is 35.5. The van der Waals surface area contributed by atoms with Crippen molar-refractivity contribution in [2.24, 2.45) is 0 Å². The first-order valence-corrected chi connectivity index (χ1v) is 16.1. The number of sulfonamides is 1. The zero-order valence-electron chi connectivity index (χ0n) is 22.4. The highest BCUT2D eigenvalue weighted by Crippen LogP contribution is 2.34. The fourth-order valence-electron chi connectivity index (χ4n) is 5.31. The largest absolute Gasteiger partial charge is 0.482 e. The number of halogens is 4. The van der Waals surface area contributed by atoms with E-state index in [4.69, 9.17) is 39.5 Å². The van der Waals surface area contributed by atoms with Crippen LogP contribution in [0.1, 0.15) is 13.3 Å². The lowest BCUT2D eigenvalue weighted by atomic mass is 10.1. The molecule has 0 saturated carbocycles. The maximum Gasteiger partial charge on any atom is 0.260 e. The number of likely N-dealkylation sites (tertiary alicyclic amines) is 1. The first kappa shape index (κ1) is 31.5. The topological polar surface area (TPSA) is 93.7 Å². The van der Waals surface area contributed by atoms with Crippen LogP contribution in [0.15, 0.2) is 12.1 Å². The molecule has 4 rings (SSSR count). The average molecular weight is 643 g/mol. The van der Waals surface area contributed by atoms with Gasteiger partial charge in [0.25, 0.3) is 5.91 Å². The molecule has 10 nitrogen and oxygen atoms in total. The Bertz CT molecular complexity index is 1190. The van der Waals surface area contributed by atoms with Gasteiger partial charge in [0.1, 0.15) is 11.9 Å². The van der Waals surface area contributed by atoms with Gasteiger partial charge in [-0.15, -0.1) is 0 Å². The van der Waals surface area contributed by atoms with E-state index in [-0.39, 0.29) is 71.2 Å². The van der Waals surface area contributed by atoms with E-state index in [1.165, 1.54) is 23.4 Å². The van der Waals surface area contributed by atoms with E-state index in [9.17, 15) is 22.4 Å². The molecule has 3 saturated heterocycles. The molecule has 0 bridgehead atoms. The Balaban J connectivity index is 1.38. The van der Waals surface area contributed by atoms with Crippen molar-refractivity contribution in [2.45, 2.75) is 25.6 Å². The summed E-state index contributed by atoms with van der Waals surface area (Å²) in [5, 5.41) is 0.710. The molecule has 0 spiro atoms. The fourth-order valence-corrected chi connectivity index (χ4v) is 7.41. The summed E-state index contributed by atoms with van der Waals surface area (Å²) in [5.41, 5.74) is 0. The summed E-state index contributed by atoms with van der Waals surface area (Å²) in [6.45, 7) is 5.62. The third kappa shape index (κ3) is 8.11. The van der Waals surface area contributed by atoms with Gasteiger partial charge in [-0.3, -0.25) is 19.4 Å². The minimum atomic E-state index is -3.60. The van der Waals surface area contributed by atoms with Crippen LogP contribution in [0.4, 0.5) is 4.39 Å². The van der Waals surface area contributed by atoms with Gasteiger partial charge >= 0.3 is 0 Å². The van der Waals surface area contributed by atoms with Crippen molar-refractivity contribution in [1.29, 1.82) is 0 Å². The van der Waals surface area contributed by atoms with Gasteiger partial charge in [-0.25, -0.2) is 12.8 Å². The van der Waals surface area contributed by atoms with Crippen LogP contribution in [0.25, 0.3) is 0 Å². The molecule has 224 valence electrons. The Kier molecular flexibility index (Phi) is 10.8. The number of carbonyl (C=O) groups is 2. The average Bonchev–Trinajstić information content (AvgIpc) is 3.33. The number of nitrogens with zero attached hydrogens (tertiary/aromatic N) is 5. The van der Waals surface area contributed by atoms with Crippen molar-refractivity contribution >= 4 is 56.6 Å². The highest BCUT2D eigenvalue weighted by molar-refractivity contribution is 7.89. The van der Waals surface area contributed by atoms with Crippen LogP contribution in [0.5, 0.6) is 5.75 Å². The summed E-state index contributed by atoms with van der Waals surface area (Å²) in [5.74, 6) is -0.147. The number of carbonyl (C=O) groups excluding carboxylic acids is 2. The van der Waals surface area contributed by atoms with Gasteiger partial charge in [0.05, 0.1) is 26.9 Å². The molecular formula is C25H35Cl3FN5O5S. The van der Waals surface area contributed by atoms with E-state index in [1.807, 2.05) is 9.80 Å². The van der Waals surface area contributed by atoms with Crippen LogP contribution in [-0.4, -0.2) is 141 Å².